The number of hydrogen-bond acceptors (Lipinski definition) is 3. The smallest absolute Gasteiger partial charge is 0.269 e. The molecule has 1 amide bonds. The van der Waals surface area contributed by atoms with Gasteiger partial charge in [0, 0.05) is 36.1 Å². The lowest BCUT2D eigenvalue weighted by molar-refractivity contribution is -0.384. The van der Waals surface area contributed by atoms with E-state index in [0.29, 0.717) is 29.5 Å². The van der Waals surface area contributed by atoms with Crippen molar-refractivity contribution in [2.24, 2.45) is 0 Å². The Bertz CT molecular complexity index is 491. The maximum absolute atomic E-state index is 12.5. The summed E-state index contributed by atoms with van der Waals surface area (Å²) < 4.78 is 0. The standard InChI is InChI=1S/C14H19BrN2O3/c1-3-4-8-16(9-7-15)14(18)13-6-5-12(17(19)20)10-11(13)2/h5-6,10H,3-4,7-9H2,1-2H3. The molecule has 6 heteroatoms. The average Bonchev–Trinajstić information content (AvgIpc) is 2.42. The summed E-state index contributed by atoms with van der Waals surface area (Å²) in [4.78, 5) is 24.5. The Labute approximate surface area is 127 Å². The van der Waals surface area contributed by atoms with E-state index in [2.05, 4.69) is 22.9 Å². The molecule has 0 saturated heterocycles. The lowest BCUT2D eigenvalue weighted by Crippen LogP contribution is -2.34. The van der Waals surface area contributed by atoms with Crippen LogP contribution >= 0.6 is 15.9 Å². The van der Waals surface area contributed by atoms with Crippen LogP contribution in [-0.2, 0) is 0 Å². The first kappa shape index (κ1) is 16.6. The van der Waals surface area contributed by atoms with Crippen LogP contribution in [0.5, 0.6) is 0 Å². The third kappa shape index (κ3) is 4.30. The molecule has 0 heterocycles. The molecule has 110 valence electrons. The molecule has 0 aromatic heterocycles. The number of carbonyl (C=O) groups excluding carboxylic acids is 1. The summed E-state index contributed by atoms with van der Waals surface area (Å²) in [6, 6.07) is 4.37. The van der Waals surface area contributed by atoms with Gasteiger partial charge in [-0.25, -0.2) is 0 Å². The van der Waals surface area contributed by atoms with Crippen molar-refractivity contribution in [1.82, 2.24) is 4.90 Å². The molecule has 0 bridgehead atoms. The summed E-state index contributed by atoms with van der Waals surface area (Å²) in [6.45, 7) is 5.15. The largest absolute Gasteiger partial charge is 0.338 e. The molecule has 1 aromatic rings. The van der Waals surface area contributed by atoms with Crippen LogP contribution in [0.4, 0.5) is 5.69 Å². The van der Waals surface area contributed by atoms with E-state index >= 15 is 0 Å². The predicted molar refractivity (Wildman–Crippen MR) is 82.4 cm³/mol. The number of non-ortho nitro benzene ring substituents is 1. The van der Waals surface area contributed by atoms with Crippen molar-refractivity contribution in [3.05, 3.63) is 39.4 Å². The van der Waals surface area contributed by atoms with E-state index < -0.39 is 4.92 Å². The third-order valence-electron chi connectivity index (χ3n) is 3.07. The third-order valence-corrected chi connectivity index (χ3v) is 3.43. The Kier molecular flexibility index (Phi) is 6.64. The van der Waals surface area contributed by atoms with E-state index in [1.54, 1.807) is 17.9 Å². The van der Waals surface area contributed by atoms with Crippen molar-refractivity contribution in [2.75, 3.05) is 18.4 Å². The lowest BCUT2D eigenvalue weighted by Gasteiger charge is -2.22. The number of nitro groups is 1. The second-order valence-corrected chi connectivity index (χ2v) is 5.38. The van der Waals surface area contributed by atoms with E-state index in [-0.39, 0.29) is 11.6 Å². The molecule has 0 saturated carbocycles. The van der Waals surface area contributed by atoms with Gasteiger partial charge in [-0.3, -0.25) is 14.9 Å². The molecule has 0 atom stereocenters. The van der Waals surface area contributed by atoms with Gasteiger partial charge in [0.25, 0.3) is 11.6 Å². The van der Waals surface area contributed by atoms with Crippen LogP contribution in [0.1, 0.15) is 35.7 Å². The molecule has 0 unspecified atom stereocenters. The molecule has 0 aliphatic rings. The van der Waals surface area contributed by atoms with Gasteiger partial charge in [0.2, 0.25) is 0 Å². The fourth-order valence-electron chi connectivity index (χ4n) is 1.94. The van der Waals surface area contributed by atoms with Crippen molar-refractivity contribution in [3.63, 3.8) is 0 Å². The van der Waals surface area contributed by atoms with Crippen LogP contribution in [0.2, 0.25) is 0 Å². The Morgan fingerprint density at radius 2 is 2.10 bits per heavy atom. The van der Waals surface area contributed by atoms with Crippen LogP contribution in [0.3, 0.4) is 0 Å². The number of unbranched alkanes of at least 4 members (excludes halogenated alkanes) is 1. The van der Waals surface area contributed by atoms with Gasteiger partial charge in [0.1, 0.15) is 0 Å². The fraction of sp³-hybridized carbons (Fsp3) is 0.500. The number of nitrogens with zero attached hydrogens (tertiary/aromatic N) is 2. The SMILES string of the molecule is CCCCN(CCBr)C(=O)c1ccc([N+](=O)[O-])cc1C. The first-order valence-corrected chi connectivity index (χ1v) is 7.73. The summed E-state index contributed by atoms with van der Waals surface area (Å²) in [5.41, 5.74) is 1.19. The lowest BCUT2D eigenvalue weighted by atomic mass is 10.1. The van der Waals surface area contributed by atoms with E-state index in [1.807, 2.05) is 0 Å². The van der Waals surface area contributed by atoms with Crippen molar-refractivity contribution in [3.8, 4) is 0 Å². The molecule has 0 spiro atoms. The van der Waals surface area contributed by atoms with E-state index in [0.717, 1.165) is 12.8 Å². The van der Waals surface area contributed by atoms with Gasteiger partial charge < -0.3 is 4.90 Å². The molecule has 0 aliphatic carbocycles. The Morgan fingerprint density at radius 3 is 2.60 bits per heavy atom. The summed E-state index contributed by atoms with van der Waals surface area (Å²) in [6.07, 6.45) is 1.97. The number of aryl methyl sites for hydroxylation is 1. The predicted octanol–water partition coefficient (Wildman–Crippen LogP) is 3.54. The number of carbonyl (C=O) groups is 1. The first-order chi connectivity index (χ1) is 9.51. The number of rotatable bonds is 7. The van der Waals surface area contributed by atoms with Crippen molar-refractivity contribution in [2.45, 2.75) is 26.7 Å². The van der Waals surface area contributed by atoms with Crippen LogP contribution in [0.15, 0.2) is 18.2 Å². The molecule has 1 rings (SSSR count). The number of halogens is 1. The number of benzene rings is 1. The van der Waals surface area contributed by atoms with Crippen molar-refractivity contribution < 1.29 is 9.72 Å². The van der Waals surface area contributed by atoms with Crippen LogP contribution in [0, 0.1) is 17.0 Å². The maximum Gasteiger partial charge on any atom is 0.269 e. The molecular weight excluding hydrogens is 324 g/mol. The molecule has 0 N–H and O–H groups in total. The fourth-order valence-corrected chi connectivity index (χ4v) is 2.37. The molecular formula is C14H19BrN2O3. The second-order valence-electron chi connectivity index (χ2n) is 4.59. The molecule has 0 radical (unpaired) electrons. The Hall–Kier alpha value is -1.43. The van der Waals surface area contributed by atoms with Crippen molar-refractivity contribution in [1.29, 1.82) is 0 Å². The van der Waals surface area contributed by atoms with Crippen LogP contribution < -0.4 is 0 Å². The average molecular weight is 343 g/mol. The molecule has 1 aromatic carbocycles. The Morgan fingerprint density at radius 1 is 1.40 bits per heavy atom. The molecule has 5 nitrogen and oxygen atoms in total. The van der Waals surface area contributed by atoms with Gasteiger partial charge in [-0.15, -0.1) is 0 Å². The topological polar surface area (TPSA) is 63.5 Å². The zero-order valence-corrected chi connectivity index (χ0v) is 13.4. The van der Waals surface area contributed by atoms with E-state index in [4.69, 9.17) is 0 Å². The second kappa shape index (κ2) is 7.99. The van der Waals surface area contributed by atoms with Gasteiger partial charge in [-0.1, -0.05) is 29.3 Å². The monoisotopic (exact) mass is 342 g/mol. The quantitative estimate of drug-likeness (QED) is 0.432. The van der Waals surface area contributed by atoms with Gasteiger partial charge >= 0.3 is 0 Å². The van der Waals surface area contributed by atoms with Gasteiger partial charge in [-0.05, 0) is 25.0 Å². The van der Waals surface area contributed by atoms with E-state index in [9.17, 15) is 14.9 Å². The van der Waals surface area contributed by atoms with Crippen LogP contribution in [-0.4, -0.2) is 34.2 Å². The van der Waals surface area contributed by atoms with Crippen molar-refractivity contribution >= 4 is 27.5 Å². The zero-order valence-electron chi connectivity index (χ0n) is 11.8. The Balaban J connectivity index is 2.96. The number of nitro benzene ring substituents is 1. The molecule has 0 aliphatic heterocycles. The number of amides is 1. The zero-order chi connectivity index (χ0) is 15.1. The normalized spacial score (nSPS) is 10.3. The van der Waals surface area contributed by atoms with Gasteiger partial charge in [0.05, 0.1) is 4.92 Å². The number of hydrogen-bond donors (Lipinski definition) is 0. The minimum Gasteiger partial charge on any atom is -0.338 e. The number of alkyl halides is 1. The van der Waals surface area contributed by atoms with E-state index in [1.165, 1.54) is 12.1 Å². The van der Waals surface area contributed by atoms with Crippen LogP contribution in [0.25, 0.3) is 0 Å². The maximum atomic E-state index is 12.5. The summed E-state index contributed by atoms with van der Waals surface area (Å²) >= 11 is 3.35. The molecule has 20 heavy (non-hydrogen) atoms. The highest BCUT2D eigenvalue weighted by molar-refractivity contribution is 9.09. The molecule has 0 fully saturated rings. The van der Waals surface area contributed by atoms with Gasteiger partial charge in [0.15, 0.2) is 0 Å². The minimum absolute atomic E-state index is 0.0136. The highest BCUT2D eigenvalue weighted by atomic mass is 79.9. The summed E-state index contributed by atoms with van der Waals surface area (Å²) in [5.74, 6) is -0.0645. The minimum atomic E-state index is -0.450. The summed E-state index contributed by atoms with van der Waals surface area (Å²) in [5, 5.41) is 11.4. The highest BCUT2D eigenvalue weighted by Crippen LogP contribution is 2.19. The first-order valence-electron chi connectivity index (χ1n) is 6.61. The summed E-state index contributed by atoms with van der Waals surface area (Å²) in [7, 11) is 0. The highest BCUT2D eigenvalue weighted by Gasteiger charge is 2.18. The van der Waals surface area contributed by atoms with Gasteiger partial charge in [-0.2, -0.15) is 0 Å².